The first kappa shape index (κ1) is 13.2. The fraction of sp³-hybridized carbons (Fsp3) is 0.294. The normalized spacial score (nSPS) is 13.2. The summed E-state index contributed by atoms with van der Waals surface area (Å²) in [6, 6.07) is 15.1. The molecule has 0 aliphatic carbocycles. The van der Waals surface area contributed by atoms with Gasteiger partial charge in [-0.25, -0.2) is 0 Å². The zero-order valence-corrected chi connectivity index (χ0v) is 11.8. The van der Waals surface area contributed by atoms with Crippen LogP contribution in [0.3, 0.4) is 0 Å². The lowest BCUT2D eigenvalue weighted by Crippen LogP contribution is -2.15. The van der Waals surface area contributed by atoms with Gasteiger partial charge in [0.25, 0.3) is 0 Å². The molecule has 0 amide bonds. The molecule has 104 valence electrons. The molecule has 0 bridgehead atoms. The Bertz CT molecular complexity index is 742. The van der Waals surface area contributed by atoms with Crippen molar-refractivity contribution in [2.75, 3.05) is 6.54 Å². The number of nitrogens with zero attached hydrogens (tertiary/aromatic N) is 1. The van der Waals surface area contributed by atoms with Gasteiger partial charge in [0, 0.05) is 34.4 Å². The Hall–Kier alpha value is -1.84. The Morgan fingerprint density at radius 1 is 1.05 bits per heavy atom. The van der Waals surface area contributed by atoms with E-state index >= 15 is 0 Å². The van der Waals surface area contributed by atoms with Crippen molar-refractivity contribution in [3.63, 3.8) is 0 Å². The van der Waals surface area contributed by atoms with E-state index in [2.05, 4.69) is 54.0 Å². The van der Waals surface area contributed by atoms with Crippen LogP contribution in [0.4, 0.5) is 0 Å². The molecular formula is C17H21N3. The lowest BCUT2D eigenvalue weighted by atomic mass is 10.0. The lowest BCUT2D eigenvalue weighted by molar-refractivity contribution is 0.662. The molecule has 1 atom stereocenters. The maximum absolute atomic E-state index is 6.19. The maximum Gasteiger partial charge on any atom is 0.0491 e. The molecular weight excluding hydrogens is 246 g/mol. The summed E-state index contributed by atoms with van der Waals surface area (Å²) in [6.07, 6.45) is 0.817. The van der Waals surface area contributed by atoms with Crippen LogP contribution in [0, 0.1) is 0 Å². The van der Waals surface area contributed by atoms with Crippen LogP contribution in [0.5, 0.6) is 0 Å². The summed E-state index contributed by atoms with van der Waals surface area (Å²) in [5.74, 6) is 0. The first-order valence-electron chi connectivity index (χ1n) is 7.22. The summed E-state index contributed by atoms with van der Waals surface area (Å²) in [6.45, 7) is 3.77. The Kier molecular flexibility index (Phi) is 3.47. The van der Waals surface area contributed by atoms with Crippen LogP contribution in [-0.4, -0.2) is 11.1 Å². The van der Waals surface area contributed by atoms with Gasteiger partial charge in [0.2, 0.25) is 0 Å². The number of benzene rings is 2. The Labute approximate surface area is 119 Å². The van der Waals surface area contributed by atoms with Crippen molar-refractivity contribution in [3.8, 4) is 0 Å². The number of para-hydroxylation sites is 1. The van der Waals surface area contributed by atoms with Gasteiger partial charge >= 0.3 is 0 Å². The minimum Gasteiger partial charge on any atom is -0.341 e. The minimum atomic E-state index is 0.0214. The van der Waals surface area contributed by atoms with Crippen LogP contribution in [0.25, 0.3) is 21.8 Å². The standard InChI is InChI=1S/C17H21N3/c1-2-20-16-6-4-3-5-13(16)14-11-12(7-8-17(14)20)15(19)9-10-18/h3-8,11,15H,2,9-10,18-19H2,1H3/t15-/m1/s1. The van der Waals surface area contributed by atoms with Gasteiger partial charge in [-0.2, -0.15) is 0 Å². The van der Waals surface area contributed by atoms with Gasteiger partial charge in [0.1, 0.15) is 0 Å². The molecule has 2 aromatic carbocycles. The van der Waals surface area contributed by atoms with Crippen LogP contribution in [0.2, 0.25) is 0 Å². The molecule has 20 heavy (non-hydrogen) atoms. The topological polar surface area (TPSA) is 57.0 Å². The first-order valence-corrected chi connectivity index (χ1v) is 7.22. The molecule has 3 nitrogen and oxygen atoms in total. The molecule has 3 rings (SSSR count). The number of aromatic nitrogens is 1. The van der Waals surface area contributed by atoms with E-state index in [4.69, 9.17) is 11.5 Å². The summed E-state index contributed by atoms with van der Waals surface area (Å²) in [5.41, 5.74) is 15.5. The van der Waals surface area contributed by atoms with Crippen LogP contribution >= 0.6 is 0 Å². The molecule has 1 aromatic heterocycles. The summed E-state index contributed by atoms with van der Waals surface area (Å²) < 4.78 is 2.35. The summed E-state index contributed by atoms with van der Waals surface area (Å²) in [4.78, 5) is 0. The third-order valence-electron chi connectivity index (χ3n) is 4.02. The summed E-state index contributed by atoms with van der Waals surface area (Å²) >= 11 is 0. The number of nitrogens with two attached hydrogens (primary N) is 2. The largest absolute Gasteiger partial charge is 0.341 e. The molecule has 0 radical (unpaired) electrons. The molecule has 1 heterocycles. The molecule has 3 heteroatoms. The minimum absolute atomic E-state index is 0.0214. The molecule has 0 aliphatic heterocycles. The van der Waals surface area contributed by atoms with Crippen LogP contribution in [0.15, 0.2) is 42.5 Å². The van der Waals surface area contributed by atoms with Gasteiger partial charge in [0.15, 0.2) is 0 Å². The zero-order valence-electron chi connectivity index (χ0n) is 11.8. The van der Waals surface area contributed by atoms with E-state index in [1.165, 1.54) is 27.4 Å². The number of aryl methyl sites for hydroxylation is 1. The Balaban J connectivity index is 2.26. The Morgan fingerprint density at radius 3 is 2.55 bits per heavy atom. The fourth-order valence-corrected chi connectivity index (χ4v) is 2.99. The third-order valence-corrected chi connectivity index (χ3v) is 4.02. The summed E-state index contributed by atoms with van der Waals surface area (Å²) in [5, 5.41) is 2.58. The zero-order chi connectivity index (χ0) is 14.1. The number of hydrogen-bond acceptors (Lipinski definition) is 2. The monoisotopic (exact) mass is 267 g/mol. The smallest absolute Gasteiger partial charge is 0.0491 e. The molecule has 0 aliphatic rings. The molecule has 4 N–H and O–H groups in total. The predicted octanol–water partition coefficient (Wildman–Crippen LogP) is 3.16. The van der Waals surface area contributed by atoms with E-state index in [1.807, 2.05) is 0 Å². The second kappa shape index (κ2) is 5.27. The van der Waals surface area contributed by atoms with Crippen LogP contribution in [0.1, 0.15) is 24.9 Å². The van der Waals surface area contributed by atoms with E-state index in [9.17, 15) is 0 Å². The highest BCUT2D eigenvalue weighted by atomic mass is 15.0. The molecule has 3 aromatic rings. The highest BCUT2D eigenvalue weighted by molar-refractivity contribution is 6.08. The fourth-order valence-electron chi connectivity index (χ4n) is 2.99. The lowest BCUT2D eigenvalue weighted by Gasteiger charge is -2.11. The average molecular weight is 267 g/mol. The first-order chi connectivity index (χ1) is 9.76. The van der Waals surface area contributed by atoms with Crippen molar-refractivity contribution in [2.45, 2.75) is 25.9 Å². The van der Waals surface area contributed by atoms with Crippen molar-refractivity contribution >= 4 is 21.8 Å². The van der Waals surface area contributed by atoms with Crippen molar-refractivity contribution in [3.05, 3.63) is 48.0 Å². The van der Waals surface area contributed by atoms with Crippen molar-refractivity contribution < 1.29 is 0 Å². The van der Waals surface area contributed by atoms with E-state index < -0.39 is 0 Å². The molecule has 0 unspecified atom stereocenters. The summed E-state index contributed by atoms with van der Waals surface area (Å²) in [7, 11) is 0. The van der Waals surface area contributed by atoms with E-state index in [1.54, 1.807) is 0 Å². The van der Waals surface area contributed by atoms with Gasteiger partial charge in [-0.15, -0.1) is 0 Å². The van der Waals surface area contributed by atoms with E-state index in [-0.39, 0.29) is 6.04 Å². The van der Waals surface area contributed by atoms with Gasteiger partial charge in [-0.1, -0.05) is 24.3 Å². The van der Waals surface area contributed by atoms with E-state index in [0.717, 1.165) is 13.0 Å². The van der Waals surface area contributed by atoms with Gasteiger partial charge < -0.3 is 16.0 Å². The van der Waals surface area contributed by atoms with Gasteiger partial charge in [0.05, 0.1) is 0 Å². The van der Waals surface area contributed by atoms with Gasteiger partial charge in [-0.3, -0.25) is 0 Å². The predicted molar refractivity (Wildman–Crippen MR) is 85.7 cm³/mol. The van der Waals surface area contributed by atoms with Crippen LogP contribution in [-0.2, 0) is 6.54 Å². The SMILES string of the molecule is CCn1c2ccccc2c2cc([C@H](N)CCN)ccc21. The van der Waals surface area contributed by atoms with Crippen molar-refractivity contribution in [1.29, 1.82) is 0 Å². The van der Waals surface area contributed by atoms with Crippen molar-refractivity contribution in [2.24, 2.45) is 11.5 Å². The quantitative estimate of drug-likeness (QED) is 0.763. The average Bonchev–Trinajstić information content (AvgIpc) is 2.80. The van der Waals surface area contributed by atoms with E-state index in [0.29, 0.717) is 6.54 Å². The Morgan fingerprint density at radius 2 is 1.80 bits per heavy atom. The number of rotatable bonds is 4. The highest BCUT2D eigenvalue weighted by Gasteiger charge is 2.12. The molecule has 0 saturated carbocycles. The maximum atomic E-state index is 6.19. The third kappa shape index (κ3) is 1.99. The van der Waals surface area contributed by atoms with Gasteiger partial charge in [-0.05, 0) is 43.7 Å². The molecule has 0 fully saturated rings. The molecule has 0 saturated heterocycles. The molecule has 0 spiro atoms. The second-order valence-corrected chi connectivity index (χ2v) is 5.22. The number of hydrogen-bond donors (Lipinski definition) is 2. The van der Waals surface area contributed by atoms with Crippen molar-refractivity contribution in [1.82, 2.24) is 4.57 Å². The highest BCUT2D eigenvalue weighted by Crippen LogP contribution is 2.31. The van der Waals surface area contributed by atoms with Crippen LogP contribution < -0.4 is 11.5 Å². The second-order valence-electron chi connectivity index (χ2n) is 5.22. The number of fused-ring (bicyclic) bond motifs is 3.